The van der Waals surface area contributed by atoms with E-state index in [1.54, 1.807) is 0 Å². The standard InChI is InChI=1S/C7H16NO.BrH/c1-6-9-7(2)8(3,4)5;/h2,6H2,1,3-5H3;1H/q+1;/p-1. The maximum Gasteiger partial charge on any atom is 0.283 e. The molecule has 0 aromatic carbocycles. The van der Waals surface area contributed by atoms with Gasteiger partial charge in [-0.05, 0) is 6.92 Å². The highest BCUT2D eigenvalue weighted by Gasteiger charge is 2.12. The molecule has 0 spiro atoms. The van der Waals surface area contributed by atoms with Gasteiger partial charge in [-0.15, -0.1) is 0 Å². The number of rotatable bonds is 3. The smallest absolute Gasteiger partial charge is 0.283 e. The highest BCUT2D eigenvalue weighted by Crippen LogP contribution is 2.04. The van der Waals surface area contributed by atoms with E-state index in [1.165, 1.54) is 0 Å². The quantitative estimate of drug-likeness (QED) is 0.394. The van der Waals surface area contributed by atoms with E-state index >= 15 is 0 Å². The van der Waals surface area contributed by atoms with Gasteiger partial charge in [0.15, 0.2) is 0 Å². The van der Waals surface area contributed by atoms with Crippen molar-refractivity contribution in [3.05, 3.63) is 12.5 Å². The van der Waals surface area contributed by atoms with Gasteiger partial charge >= 0.3 is 0 Å². The summed E-state index contributed by atoms with van der Waals surface area (Å²) in [6, 6.07) is 0. The first kappa shape index (κ1) is 12.6. The Labute approximate surface area is 73.8 Å². The summed E-state index contributed by atoms with van der Waals surface area (Å²) >= 11 is 0. The van der Waals surface area contributed by atoms with Crippen LogP contribution in [0.25, 0.3) is 0 Å². The van der Waals surface area contributed by atoms with Crippen LogP contribution in [0.15, 0.2) is 12.5 Å². The lowest BCUT2D eigenvalue weighted by molar-refractivity contribution is -0.847. The largest absolute Gasteiger partial charge is 1.00 e. The van der Waals surface area contributed by atoms with Gasteiger partial charge in [0.05, 0.1) is 27.7 Å². The minimum atomic E-state index is 0. The Morgan fingerprint density at radius 2 is 1.80 bits per heavy atom. The Hall–Kier alpha value is -0.0200. The van der Waals surface area contributed by atoms with E-state index in [-0.39, 0.29) is 17.0 Å². The first-order valence-corrected chi connectivity index (χ1v) is 3.12. The fourth-order valence-electron chi connectivity index (χ4n) is 0.360. The van der Waals surface area contributed by atoms with Crippen LogP contribution in [0.1, 0.15) is 6.92 Å². The first-order valence-electron chi connectivity index (χ1n) is 3.12. The van der Waals surface area contributed by atoms with Crippen molar-refractivity contribution in [3.63, 3.8) is 0 Å². The van der Waals surface area contributed by atoms with Crippen LogP contribution in [0.5, 0.6) is 0 Å². The first-order chi connectivity index (χ1) is 3.98. The molecule has 0 rings (SSSR count). The van der Waals surface area contributed by atoms with E-state index in [4.69, 9.17) is 4.74 Å². The third-order valence-corrected chi connectivity index (χ3v) is 1.06. The molecule has 0 saturated carbocycles. The molecule has 0 bridgehead atoms. The molecule has 2 nitrogen and oxygen atoms in total. The molecular formula is C7H16BrNO. The van der Waals surface area contributed by atoms with E-state index in [2.05, 4.69) is 6.58 Å². The SMILES string of the molecule is C=C(OCC)[N+](C)(C)C.[Br-]. The molecule has 0 heterocycles. The van der Waals surface area contributed by atoms with E-state index < -0.39 is 0 Å². The van der Waals surface area contributed by atoms with Crippen LogP contribution in [0.3, 0.4) is 0 Å². The molecule has 0 amide bonds. The van der Waals surface area contributed by atoms with Crippen LogP contribution in [-0.2, 0) is 4.74 Å². The zero-order chi connectivity index (χ0) is 7.49. The maximum atomic E-state index is 5.18. The van der Waals surface area contributed by atoms with Crippen molar-refractivity contribution in [2.75, 3.05) is 27.7 Å². The molecule has 0 saturated heterocycles. The fourth-order valence-corrected chi connectivity index (χ4v) is 0.360. The molecule has 0 atom stereocenters. The summed E-state index contributed by atoms with van der Waals surface area (Å²) < 4.78 is 5.86. The minimum Gasteiger partial charge on any atom is -1.00 e. The van der Waals surface area contributed by atoms with Crippen molar-refractivity contribution in [1.29, 1.82) is 0 Å². The lowest BCUT2D eigenvalue weighted by Gasteiger charge is -2.23. The van der Waals surface area contributed by atoms with Gasteiger partial charge in [0.2, 0.25) is 0 Å². The number of nitrogens with zero attached hydrogens (tertiary/aromatic N) is 1. The van der Waals surface area contributed by atoms with Gasteiger partial charge in [-0.3, -0.25) is 4.48 Å². The lowest BCUT2D eigenvalue weighted by Crippen LogP contribution is -3.00. The van der Waals surface area contributed by atoms with Gasteiger partial charge in [-0.1, -0.05) is 0 Å². The van der Waals surface area contributed by atoms with Crippen LogP contribution >= 0.6 is 0 Å². The zero-order valence-corrected chi connectivity index (χ0v) is 8.73. The summed E-state index contributed by atoms with van der Waals surface area (Å²) in [5.41, 5.74) is 0. The predicted octanol–water partition coefficient (Wildman–Crippen LogP) is -1.80. The number of hydrogen-bond acceptors (Lipinski definition) is 1. The summed E-state index contributed by atoms with van der Waals surface area (Å²) in [7, 11) is 6.08. The average molecular weight is 210 g/mol. The Morgan fingerprint density at radius 1 is 1.40 bits per heavy atom. The van der Waals surface area contributed by atoms with Crippen molar-refractivity contribution in [2.24, 2.45) is 0 Å². The Bertz CT molecular complexity index is 107. The molecule has 0 aromatic heterocycles. The minimum absolute atomic E-state index is 0. The molecular weight excluding hydrogens is 194 g/mol. The van der Waals surface area contributed by atoms with Gasteiger partial charge in [0.1, 0.15) is 0 Å². The summed E-state index contributed by atoms with van der Waals surface area (Å²) in [6.07, 6.45) is 0. The van der Waals surface area contributed by atoms with Crippen molar-refractivity contribution in [3.8, 4) is 0 Å². The monoisotopic (exact) mass is 209 g/mol. The van der Waals surface area contributed by atoms with E-state index in [0.717, 1.165) is 5.88 Å². The zero-order valence-electron chi connectivity index (χ0n) is 7.15. The third-order valence-electron chi connectivity index (χ3n) is 1.06. The number of halogens is 1. The molecule has 0 unspecified atom stereocenters. The summed E-state index contributed by atoms with van der Waals surface area (Å²) in [5.74, 6) is 0.803. The Balaban J connectivity index is 0. The molecule has 0 aliphatic heterocycles. The van der Waals surface area contributed by atoms with Gasteiger partial charge in [0.25, 0.3) is 5.88 Å². The van der Waals surface area contributed by atoms with Crippen LogP contribution in [-0.4, -0.2) is 32.2 Å². The fraction of sp³-hybridized carbons (Fsp3) is 0.714. The molecule has 0 aromatic rings. The predicted molar refractivity (Wildman–Crippen MR) is 38.8 cm³/mol. The number of ether oxygens (including phenoxy) is 1. The number of hydrogen-bond donors (Lipinski definition) is 0. The average Bonchev–Trinajstić information content (AvgIpc) is 1.64. The topological polar surface area (TPSA) is 9.23 Å². The van der Waals surface area contributed by atoms with E-state index in [0.29, 0.717) is 11.1 Å². The molecule has 62 valence electrons. The summed E-state index contributed by atoms with van der Waals surface area (Å²) in [4.78, 5) is 0. The summed E-state index contributed by atoms with van der Waals surface area (Å²) in [6.45, 7) is 6.43. The van der Waals surface area contributed by atoms with Crippen molar-refractivity contribution in [2.45, 2.75) is 6.92 Å². The molecule has 10 heavy (non-hydrogen) atoms. The Morgan fingerprint density at radius 3 is 1.90 bits per heavy atom. The number of quaternary nitrogens is 1. The normalized spacial score (nSPS) is 10.0. The van der Waals surface area contributed by atoms with E-state index in [9.17, 15) is 0 Å². The second-order valence-corrected chi connectivity index (χ2v) is 2.84. The van der Waals surface area contributed by atoms with Crippen LogP contribution in [0.2, 0.25) is 0 Å². The van der Waals surface area contributed by atoms with Gasteiger partial charge in [0, 0.05) is 6.58 Å². The van der Waals surface area contributed by atoms with Crippen LogP contribution < -0.4 is 17.0 Å². The van der Waals surface area contributed by atoms with E-state index in [1.807, 2.05) is 28.1 Å². The molecule has 0 fully saturated rings. The molecule has 0 N–H and O–H groups in total. The lowest BCUT2D eigenvalue weighted by atomic mass is 10.6. The maximum absolute atomic E-state index is 5.18. The van der Waals surface area contributed by atoms with Crippen molar-refractivity contribution >= 4 is 0 Å². The van der Waals surface area contributed by atoms with Crippen molar-refractivity contribution < 1.29 is 26.2 Å². The molecule has 0 radical (unpaired) electrons. The third kappa shape index (κ3) is 4.82. The van der Waals surface area contributed by atoms with Gasteiger partial charge < -0.3 is 21.7 Å². The Kier molecular flexibility index (Phi) is 5.99. The second-order valence-electron chi connectivity index (χ2n) is 2.84. The van der Waals surface area contributed by atoms with Crippen molar-refractivity contribution in [1.82, 2.24) is 0 Å². The molecule has 3 heteroatoms. The van der Waals surface area contributed by atoms with Gasteiger partial charge in [-0.2, -0.15) is 0 Å². The molecule has 0 aliphatic carbocycles. The van der Waals surface area contributed by atoms with Crippen LogP contribution in [0, 0.1) is 0 Å². The second kappa shape index (κ2) is 4.74. The van der Waals surface area contributed by atoms with Crippen LogP contribution in [0.4, 0.5) is 0 Å². The highest BCUT2D eigenvalue weighted by atomic mass is 79.9. The van der Waals surface area contributed by atoms with Gasteiger partial charge in [-0.25, -0.2) is 0 Å². The highest BCUT2D eigenvalue weighted by molar-refractivity contribution is 4.66. The molecule has 0 aliphatic rings. The summed E-state index contributed by atoms with van der Waals surface area (Å²) in [5, 5.41) is 0.